The minimum Gasteiger partial charge on any atom is -0.507 e. The van der Waals surface area contributed by atoms with Gasteiger partial charge in [0.25, 0.3) is 0 Å². The zero-order valence-corrected chi connectivity index (χ0v) is 28.6. The second-order valence-electron chi connectivity index (χ2n) is 12.9. The number of imidazole rings is 1. The molecular formula is C35H44BrN3O5. The van der Waals surface area contributed by atoms with E-state index in [2.05, 4.69) is 0 Å². The summed E-state index contributed by atoms with van der Waals surface area (Å²) in [6.45, 7) is 16.0. The Morgan fingerprint density at radius 2 is 1.41 bits per heavy atom. The van der Waals surface area contributed by atoms with Crippen molar-refractivity contribution in [1.29, 1.82) is 5.41 Å². The van der Waals surface area contributed by atoms with E-state index in [4.69, 9.17) is 14.9 Å². The van der Waals surface area contributed by atoms with Crippen LogP contribution in [0.15, 0.2) is 60.7 Å². The van der Waals surface area contributed by atoms with Gasteiger partial charge in [0.2, 0.25) is 5.62 Å². The van der Waals surface area contributed by atoms with Crippen molar-refractivity contribution in [1.82, 2.24) is 9.13 Å². The van der Waals surface area contributed by atoms with Crippen LogP contribution in [0.2, 0.25) is 0 Å². The molecule has 2 N–H and O–H groups in total. The number of para-hydroxylation sites is 3. The summed E-state index contributed by atoms with van der Waals surface area (Å²) in [4.78, 5) is 26.1. The number of halogens is 1. The topological polar surface area (TPSA) is 107 Å². The third kappa shape index (κ3) is 7.26. The van der Waals surface area contributed by atoms with Crippen molar-refractivity contribution in [2.45, 2.75) is 85.4 Å². The van der Waals surface area contributed by atoms with E-state index in [1.54, 1.807) is 36.6 Å². The molecule has 236 valence electrons. The number of phenols is 1. The number of esters is 1. The number of Topliss-reactive ketones (excluding diaryl/α,β-unsaturated/α-hetero) is 1. The molecule has 1 atom stereocenters. The minimum absolute atomic E-state index is 0. The minimum atomic E-state index is -0.790. The number of carbonyl (C=O) groups is 2. The van der Waals surface area contributed by atoms with Gasteiger partial charge < -0.3 is 23.7 Å². The number of phenolic OH excluding ortho intramolecular Hbond substituents is 1. The van der Waals surface area contributed by atoms with Crippen molar-refractivity contribution >= 4 is 39.8 Å². The molecule has 0 aliphatic heterocycles. The van der Waals surface area contributed by atoms with Crippen molar-refractivity contribution in [3.05, 3.63) is 88.5 Å². The van der Waals surface area contributed by atoms with Crippen LogP contribution in [0.5, 0.6) is 11.5 Å². The molecule has 0 fully saturated rings. The summed E-state index contributed by atoms with van der Waals surface area (Å²) >= 11 is 0. The number of benzene rings is 3. The zero-order valence-electron chi connectivity index (χ0n) is 26.9. The number of ether oxygens (including phenoxy) is 2. The number of fused-ring (bicyclic) bond motifs is 1. The molecule has 1 unspecified atom stereocenters. The monoisotopic (exact) mass is 665 g/mol. The summed E-state index contributed by atoms with van der Waals surface area (Å²) in [5, 5.41) is 20.3. The maximum Gasteiger partial charge on any atom is 0.347 e. The van der Waals surface area contributed by atoms with Crippen LogP contribution in [-0.2, 0) is 33.5 Å². The molecule has 1 aromatic heterocycles. The number of carbonyl (C=O) groups excluding carboxylic acids is 2. The molecule has 0 saturated heterocycles. The first kappa shape index (κ1) is 34.6. The highest BCUT2D eigenvalue weighted by Crippen LogP contribution is 2.40. The number of nitrogens with one attached hydrogen (secondary N) is 1. The third-order valence-electron chi connectivity index (χ3n) is 7.55. The van der Waals surface area contributed by atoms with Gasteiger partial charge in [0.05, 0.1) is 30.7 Å². The number of hydrogen-bond donors (Lipinski definition) is 2. The van der Waals surface area contributed by atoms with Gasteiger partial charge in [-0.05, 0) is 55.0 Å². The molecule has 3 aromatic carbocycles. The van der Waals surface area contributed by atoms with Crippen LogP contribution >= 0.6 is 17.0 Å². The Labute approximate surface area is 269 Å². The summed E-state index contributed by atoms with van der Waals surface area (Å²) in [6, 6.07) is 18.6. The highest BCUT2D eigenvalue weighted by atomic mass is 79.9. The molecule has 0 aliphatic carbocycles. The van der Waals surface area contributed by atoms with E-state index in [1.807, 2.05) is 88.6 Å². The maximum atomic E-state index is 13.9. The van der Waals surface area contributed by atoms with Crippen LogP contribution in [0, 0.1) is 5.41 Å². The average molecular weight is 667 g/mol. The number of hydrogen-bond acceptors (Lipinski definition) is 6. The Morgan fingerprint density at radius 1 is 0.886 bits per heavy atom. The Kier molecular flexibility index (Phi) is 10.6. The predicted octanol–water partition coefficient (Wildman–Crippen LogP) is 7.06. The molecule has 0 radical (unpaired) electrons. The van der Waals surface area contributed by atoms with E-state index in [-0.39, 0.29) is 58.1 Å². The molecule has 0 aliphatic rings. The first-order valence-electron chi connectivity index (χ1n) is 14.7. The molecule has 4 rings (SSSR count). The van der Waals surface area contributed by atoms with Gasteiger partial charge in [-0.25, -0.2) is 4.79 Å². The first-order chi connectivity index (χ1) is 20.1. The van der Waals surface area contributed by atoms with Crippen LogP contribution in [-0.4, -0.2) is 38.7 Å². The molecule has 8 nitrogen and oxygen atoms in total. The second-order valence-corrected chi connectivity index (χ2v) is 12.9. The highest BCUT2D eigenvalue weighted by Gasteiger charge is 2.28. The van der Waals surface area contributed by atoms with E-state index in [9.17, 15) is 14.7 Å². The van der Waals surface area contributed by atoms with Crippen LogP contribution in [0.3, 0.4) is 0 Å². The second kappa shape index (κ2) is 13.4. The Balaban J connectivity index is 0.00000529. The first-order valence-corrected chi connectivity index (χ1v) is 14.7. The van der Waals surface area contributed by atoms with Crippen molar-refractivity contribution in [2.75, 3.05) is 6.61 Å². The molecular weight excluding hydrogens is 622 g/mol. The van der Waals surface area contributed by atoms with E-state index >= 15 is 0 Å². The zero-order chi connectivity index (χ0) is 31.7. The van der Waals surface area contributed by atoms with Gasteiger partial charge in [0.15, 0.2) is 11.9 Å². The van der Waals surface area contributed by atoms with Gasteiger partial charge in [-0.2, -0.15) is 0 Å². The summed E-state index contributed by atoms with van der Waals surface area (Å²) in [7, 11) is 0. The normalized spacial score (nSPS) is 12.5. The van der Waals surface area contributed by atoms with Gasteiger partial charge >= 0.3 is 5.97 Å². The lowest BCUT2D eigenvalue weighted by atomic mass is 9.78. The average Bonchev–Trinajstić information content (AvgIpc) is 3.19. The molecule has 0 bridgehead atoms. The van der Waals surface area contributed by atoms with E-state index in [0.29, 0.717) is 17.9 Å². The fourth-order valence-electron chi connectivity index (χ4n) is 5.21. The number of aromatic nitrogens is 2. The van der Waals surface area contributed by atoms with Gasteiger partial charge in [-0.3, -0.25) is 10.2 Å². The Bertz CT molecular complexity index is 1690. The Hall–Kier alpha value is -3.85. The largest absolute Gasteiger partial charge is 0.507 e. The lowest BCUT2D eigenvalue weighted by Crippen LogP contribution is -2.29. The van der Waals surface area contributed by atoms with Crippen LogP contribution < -0.4 is 10.4 Å². The molecule has 4 aromatic rings. The van der Waals surface area contributed by atoms with Crippen molar-refractivity contribution in [2.24, 2.45) is 0 Å². The van der Waals surface area contributed by atoms with Crippen LogP contribution in [0.1, 0.15) is 82.4 Å². The highest BCUT2D eigenvalue weighted by molar-refractivity contribution is 8.93. The number of rotatable bonds is 9. The lowest BCUT2D eigenvalue weighted by molar-refractivity contribution is -0.150. The lowest BCUT2D eigenvalue weighted by Gasteiger charge is -2.28. The van der Waals surface area contributed by atoms with Crippen molar-refractivity contribution in [3.63, 3.8) is 0 Å². The van der Waals surface area contributed by atoms with E-state index in [1.165, 1.54) is 0 Å². The predicted molar refractivity (Wildman–Crippen MR) is 178 cm³/mol. The van der Waals surface area contributed by atoms with Gasteiger partial charge in [-0.1, -0.05) is 71.9 Å². The maximum absolute atomic E-state index is 13.9. The summed E-state index contributed by atoms with van der Waals surface area (Å²) in [5.74, 6) is 0.153. The quantitative estimate of drug-likeness (QED) is 0.147. The van der Waals surface area contributed by atoms with Crippen LogP contribution in [0.25, 0.3) is 11.0 Å². The molecule has 0 spiro atoms. The van der Waals surface area contributed by atoms with Crippen molar-refractivity contribution < 1.29 is 24.2 Å². The molecule has 44 heavy (non-hydrogen) atoms. The van der Waals surface area contributed by atoms with Gasteiger partial charge in [-0.15, -0.1) is 17.0 Å². The van der Waals surface area contributed by atoms with Crippen molar-refractivity contribution in [3.8, 4) is 11.5 Å². The third-order valence-corrected chi connectivity index (χ3v) is 7.55. The Morgan fingerprint density at radius 3 is 1.95 bits per heavy atom. The molecule has 0 saturated carbocycles. The fraction of sp³-hybridized carbons (Fsp3) is 0.400. The number of aromatic hydroxyl groups is 1. The summed E-state index contributed by atoms with van der Waals surface area (Å²) in [6.07, 6.45) is -0.790. The van der Waals surface area contributed by atoms with Gasteiger partial charge in [0.1, 0.15) is 11.5 Å². The summed E-state index contributed by atoms with van der Waals surface area (Å²) < 4.78 is 14.6. The molecule has 9 heteroatoms. The number of nitrogens with zero attached hydrogens (tertiary/aromatic N) is 2. The number of ketones is 1. The summed E-state index contributed by atoms with van der Waals surface area (Å²) in [5.41, 5.74) is 3.70. The SMILES string of the molecule is Br.CCOC(=O)C(C)Oc1ccccc1Cn1c(=N)n(CC(=O)c2cc(C(C)(C)C)c(O)c(C(C)(C)C)c2)c2ccccc21. The molecule has 1 heterocycles. The van der Waals surface area contributed by atoms with E-state index in [0.717, 1.165) is 27.7 Å². The smallest absolute Gasteiger partial charge is 0.347 e. The molecule has 0 amide bonds. The standard InChI is InChI=1S/C35H43N3O5.BrH/c1-9-42-32(41)22(2)43-30-17-13-10-14-23(30)20-37-27-15-11-12-16-28(27)38(33(37)36)21-29(39)24-18-25(34(3,4)5)31(40)26(19-24)35(6,7)8;/h10-19,22,36,40H,9,20-21H2,1-8H3;1H. The van der Waals surface area contributed by atoms with Gasteiger partial charge in [0, 0.05) is 22.3 Å². The van der Waals surface area contributed by atoms with E-state index < -0.39 is 12.1 Å². The fourth-order valence-corrected chi connectivity index (χ4v) is 5.21. The van der Waals surface area contributed by atoms with Crippen LogP contribution in [0.4, 0.5) is 0 Å².